The SMILES string of the molecule is CCCc1nc(-c2sccc2C)[nH]c(=O)c1Br. The van der Waals surface area contributed by atoms with Crippen molar-refractivity contribution in [3.8, 4) is 10.7 Å². The molecule has 0 radical (unpaired) electrons. The fraction of sp³-hybridized carbons (Fsp3) is 0.333. The first-order chi connectivity index (χ1) is 8.13. The molecule has 0 bridgehead atoms. The average molecular weight is 313 g/mol. The Hall–Kier alpha value is -0.940. The van der Waals surface area contributed by atoms with E-state index in [1.165, 1.54) is 0 Å². The van der Waals surface area contributed by atoms with Crippen molar-refractivity contribution >= 4 is 27.3 Å². The Balaban J connectivity index is 2.57. The van der Waals surface area contributed by atoms with Crippen molar-refractivity contribution in [2.45, 2.75) is 26.7 Å². The van der Waals surface area contributed by atoms with Crippen LogP contribution in [0.3, 0.4) is 0 Å². The number of hydrogen-bond acceptors (Lipinski definition) is 3. The van der Waals surface area contributed by atoms with Gasteiger partial charge in [-0.1, -0.05) is 13.3 Å². The Morgan fingerprint density at radius 1 is 1.53 bits per heavy atom. The van der Waals surface area contributed by atoms with E-state index in [0.29, 0.717) is 10.3 Å². The third-order valence-corrected chi connectivity index (χ3v) is 4.34. The summed E-state index contributed by atoms with van der Waals surface area (Å²) in [7, 11) is 0. The minimum absolute atomic E-state index is 0.105. The summed E-state index contributed by atoms with van der Waals surface area (Å²) in [4.78, 5) is 20.2. The van der Waals surface area contributed by atoms with Crippen molar-refractivity contribution in [1.29, 1.82) is 0 Å². The minimum Gasteiger partial charge on any atom is -0.305 e. The van der Waals surface area contributed by atoms with Gasteiger partial charge in [0, 0.05) is 0 Å². The highest BCUT2D eigenvalue weighted by atomic mass is 79.9. The molecule has 0 saturated heterocycles. The first-order valence-corrected chi connectivity index (χ1v) is 7.14. The van der Waals surface area contributed by atoms with Crippen molar-refractivity contribution in [3.05, 3.63) is 37.5 Å². The van der Waals surface area contributed by atoms with Crippen molar-refractivity contribution in [2.75, 3.05) is 0 Å². The molecule has 2 heterocycles. The van der Waals surface area contributed by atoms with Gasteiger partial charge in [-0.25, -0.2) is 4.98 Å². The predicted molar refractivity (Wildman–Crippen MR) is 74.6 cm³/mol. The van der Waals surface area contributed by atoms with Crippen molar-refractivity contribution in [2.24, 2.45) is 0 Å². The van der Waals surface area contributed by atoms with Gasteiger partial charge < -0.3 is 4.98 Å². The number of nitrogens with one attached hydrogen (secondary N) is 1. The molecule has 0 spiro atoms. The van der Waals surface area contributed by atoms with E-state index in [-0.39, 0.29) is 5.56 Å². The molecule has 2 aromatic heterocycles. The highest BCUT2D eigenvalue weighted by Gasteiger charge is 2.11. The van der Waals surface area contributed by atoms with Crippen LogP contribution < -0.4 is 5.56 Å². The van der Waals surface area contributed by atoms with Gasteiger partial charge in [0.15, 0.2) is 5.82 Å². The van der Waals surface area contributed by atoms with Crippen LogP contribution in [0.15, 0.2) is 20.7 Å². The maximum atomic E-state index is 11.8. The highest BCUT2D eigenvalue weighted by Crippen LogP contribution is 2.26. The number of rotatable bonds is 3. The van der Waals surface area contributed by atoms with Gasteiger partial charge in [0.1, 0.15) is 4.47 Å². The number of nitrogens with zero attached hydrogens (tertiary/aromatic N) is 1. The van der Waals surface area contributed by atoms with Crippen LogP contribution in [0.25, 0.3) is 10.7 Å². The summed E-state index contributed by atoms with van der Waals surface area (Å²) in [5, 5.41) is 2.01. The number of halogens is 1. The summed E-state index contributed by atoms with van der Waals surface area (Å²) in [6.45, 7) is 4.10. The van der Waals surface area contributed by atoms with E-state index in [2.05, 4.69) is 32.8 Å². The highest BCUT2D eigenvalue weighted by molar-refractivity contribution is 9.10. The second kappa shape index (κ2) is 5.14. The second-order valence-electron chi connectivity index (χ2n) is 3.86. The molecular formula is C12H13BrN2OS. The Morgan fingerprint density at radius 2 is 2.29 bits per heavy atom. The Kier molecular flexibility index (Phi) is 3.79. The number of aryl methyl sites for hydroxylation is 2. The average Bonchev–Trinajstić information content (AvgIpc) is 2.71. The number of hydrogen-bond donors (Lipinski definition) is 1. The Labute approximate surface area is 112 Å². The number of aromatic nitrogens is 2. The summed E-state index contributed by atoms with van der Waals surface area (Å²) < 4.78 is 0.553. The maximum Gasteiger partial charge on any atom is 0.265 e. The molecule has 0 saturated carbocycles. The lowest BCUT2D eigenvalue weighted by Gasteiger charge is -2.05. The smallest absolute Gasteiger partial charge is 0.265 e. The molecule has 0 amide bonds. The van der Waals surface area contributed by atoms with Crippen LogP contribution >= 0.6 is 27.3 Å². The van der Waals surface area contributed by atoms with Crippen LogP contribution in [0.5, 0.6) is 0 Å². The van der Waals surface area contributed by atoms with Gasteiger partial charge in [0.05, 0.1) is 10.6 Å². The molecule has 0 fully saturated rings. The van der Waals surface area contributed by atoms with Crippen LogP contribution in [0.2, 0.25) is 0 Å². The summed E-state index contributed by atoms with van der Waals surface area (Å²) in [6.07, 6.45) is 1.78. The van der Waals surface area contributed by atoms with Crippen LogP contribution in [-0.2, 0) is 6.42 Å². The van der Waals surface area contributed by atoms with E-state index in [1.54, 1.807) is 11.3 Å². The fourth-order valence-corrected chi connectivity index (χ4v) is 2.89. The molecule has 90 valence electrons. The third-order valence-electron chi connectivity index (χ3n) is 2.50. The fourth-order valence-electron chi connectivity index (χ4n) is 1.63. The number of aromatic amines is 1. The summed E-state index contributed by atoms with van der Waals surface area (Å²) in [5.41, 5.74) is 1.87. The zero-order valence-corrected chi connectivity index (χ0v) is 12.1. The van der Waals surface area contributed by atoms with Gasteiger partial charge in [-0.2, -0.15) is 0 Å². The first kappa shape index (κ1) is 12.5. The summed E-state index contributed by atoms with van der Waals surface area (Å²) in [5.74, 6) is 0.675. The molecule has 0 aliphatic carbocycles. The number of thiophene rings is 1. The van der Waals surface area contributed by atoms with Gasteiger partial charge >= 0.3 is 0 Å². The van der Waals surface area contributed by atoms with Gasteiger partial charge in [-0.3, -0.25) is 4.79 Å². The standard InChI is InChI=1S/C12H13BrN2OS/c1-3-4-8-9(13)12(16)15-11(14-8)10-7(2)5-6-17-10/h5-6H,3-4H2,1-2H3,(H,14,15,16). The van der Waals surface area contributed by atoms with Gasteiger partial charge in [-0.15, -0.1) is 11.3 Å². The molecule has 0 aliphatic rings. The van der Waals surface area contributed by atoms with Gasteiger partial charge in [0.25, 0.3) is 5.56 Å². The van der Waals surface area contributed by atoms with Crippen LogP contribution in [0, 0.1) is 6.92 Å². The molecule has 2 rings (SSSR count). The third kappa shape index (κ3) is 2.50. The molecule has 0 aromatic carbocycles. The first-order valence-electron chi connectivity index (χ1n) is 5.46. The van der Waals surface area contributed by atoms with E-state index >= 15 is 0 Å². The van der Waals surface area contributed by atoms with Crippen LogP contribution in [0.1, 0.15) is 24.6 Å². The monoisotopic (exact) mass is 312 g/mol. The van der Waals surface area contributed by atoms with Crippen LogP contribution in [0.4, 0.5) is 0 Å². The maximum absolute atomic E-state index is 11.8. The van der Waals surface area contributed by atoms with E-state index in [1.807, 2.05) is 18.4 Å². The van der Waals surface area contributed by atoms with Gasteiger partial charge in [-0.05, 0) is 46.3 Å². The molecule has 2 aromatic rings. The largest absolute Gasteiger partial charge is 0.305 e. The molecule has 0 atom stereocenters. The zero-order chi connectivity index (χ0) is 12.4. The lowest BCUT2D eigenvalue weighted by Crippen LogP contribution is -2.13. The lowest BCUT2D eigenvalue weighted by molar-refractivity contribution is 0.861. The van der Waals surface area contributed by atoms with Crippen molar-refractivity contribution in [1.82, 2.24) is 9.97 Å². The van der Waals surface area contributed by atoms with E-state index < -0.39 is 0 Å². The Morgan fingerprint density at radius 3 is 2.88 bits per heavy atom. The minimum atomic E-state index is -0.105. The number of H-pyrrole nitrogens is 1. The quantitative estimate of drug-likeness (QED) is 0.942. The van der Waals surface area contributed by atoms with Crippen molar-refractivity contribution in [3.63, 3.8) is 0 Å². The molecule has 3 nitrogen and oxygen atoms in total. The second-order valence-corrected chi connectivity index (χ2v) is 5.57. The molecule has 5 heteroatoms. The van der Waals surface area contributed by atoms with E-state index in [4.69, 9.17) is 0 Å². The normalized spacial score (nSPS) is 10.8. The molecule has 0 aliphatic heterocycles. The molecule has 17 heavy (non-hydrogen) atoms. The summed E-state index contributed by atoms with van der Waals surface area (Å²) >= 11 is 4.89. The summed E-state index contributed by atoms with van der Waals surface area (Å²) in [6, 6.07) is 2.03. The molecule has 0 unspecified atom stereocenters. The van der Waals surface area contributed by atoms with Gasteiger partial charge in [0.2, 0.25) is 0 Å². The molecular weight excluding hydrogens is 300 g/mol. The van der Waals surface area contributed by atoms with Crippen molar-refractivity contribution < 1.29 is 0 Å². The van der Waals surface area contributed by atoms with E-state index in [9.17, 15) is 4.79 Å². The van der Waals surface area contributed by atoms with E-state index in [0.717, 1.165) is 29.0 Å². The topological polar surface area (TPSA) is 45.8 Å². The zero-order valence-electron chi connectivity index (χ0n) is 9.71. The Bertz CT molecular complexity index is 588. The van der Waals surface area contributed by atoms with Crippen LogP contribution in [-0.4, -0.2) is 9.97 Å². The predicted octanol–water partition coefficient (Wildman–Crippen LogP) is 3.52. The molecule has 1 N–H and O–H groups in total. The lowest BCUT2D eigenvalue weighted by atomic mass is 10.2.